The Labute approximate surface area is 263 Å². The zero-order valence-corrected chi connectivity index (χ0v) is 30.4. The summed E-state index contributed by atoms with van der Waals surface area (Å²) >= 11 is 0. The van der Waals surface area contributed by atoms with Crippen LogP contribution in [0, 0.1) is 5.41 Å². The van der Waals surface area contributed by atoms with Crippen molar-refractivity contribution in [2.45, 2.75) is 240 Å². The molecule has 0 bridgehead atoms. The van der Waals surface area contributed by atoms with Crippen molar-refractivity contribution in [3.63, 3.8) is 0 Å². The summed E-state index contributed by atoms with van der Waals surface area (Å²) in [5, 5.41) is 0. The van der Waals surface area contributed by atoms with E-state index in [1.807, 2.05) is 0 Å². The van der Waals surface area contributed by atoms with Gasteiger partial charge in [0.2, 0.25) is 0 Å². The largest absolute Gasteiger partial charge is 0.298 e. The van der Waals surface area contributed by atoms with E-state index in [9.17, 15) is 0 Å². The molecule has 41 heavy (non-hydrogen) atoms. The highest BCUT2D eigenvalue weighted by Crippen LogP contribution is 2.32. The lowest BCUT2D eigenvalue weighted by molar-refractivity contribution is 0.0730. The molecule has 0 saturated carbocycles. The summed E-state index contributed by atoms with van der Waals surface area (Å²) in [5.41, 5.74) is 0.706. The van der Waals surface area contributed by atoms with Crippen LogP contribution >= 0.6 is 0 Å². The maximum atomic E-state index is 2.87. The maximum absolute atomic E-state index is 2.87. The monoisotopic (exact) mass is 578 g/mol. The fraction of sp³-hybridized carbons (Fsp3) is 1.00. The molecule has 0 aromatic carbocycles. The van der Waals surface area contributed by atoms with Gasteiger partial charge >= 0.3 is 0 Å². The predicted octanol–water partition coefficient (Wildman–Crippen LogP) is 14.5. The summed E-state index contributed by atoms with van der Waals surface area (Å²) < 4.78 is 0. The van der Waals surface area contributed by atoms with Crippen molar-refractivity contribution in [3.05, 3.63) is 0 Å². The van der Waals surface area contributed by atoms with Crippen LogP contribution in [-0.2, 0) is 0 Å². The van der Waals surface area contributed by atoms with Crippen LogP contribution < -0.4 is 0 Å². The molecule has 0 N–H and O–H groups in total. The molecule has 0 amide bonds. The summed E-state index contributed by atoms with van der Waals surface area (Å²) in [5.74, 6) is 0. The Bertz CT molecular complexity index is 469. The van der Waals surface area contributed by atoms with Crippen LogP contribution in [0.3, 0.4) is 0 Å². The van der Waals surface area contributed by atoms with E-state index in [0.29, 0.717) is 11.0 Å². The maximum Gasteiger partial charge on any atom is 0.0158 e. The topological polar surface area (TPSA) is 3.24 Å². The normalized spacial score (nSPS) is 12.6. The van der Waals surface area contributed by atoms with Gasteiger partial charge in [0.1, 0.15) is 0 Å². The standard InChI is InChI=1S/C40H83N/c1-8-10-12-14-16-18-20-22-24-26-28-30-32-34-36-41(40(6,7)38-39(3,4)5)37-35-33-31-29-27-25-23-21-19-17-15-13-11-9-2/h8-38H2,1-7H3. The lowest BCUT2D eigenvalue weighted by atomic mass is 9.80. The molecule has 0 spiro atoms. The zero-order valence-electron chi connectivity index (χ0n) is 30.4. The van der Waals surface area contributed by atoms with Crippen LogP contribution in [0.2, 0.25) is 0 Å². The minimum Gasteiger partial charge on any atom is -0.298 e. The van der Waals surface area contributed by atoms with Crippen molar-refractivity contribution in [2.75, 3.05) is 13.1 Å². The molecule has 0 aliphatic carbocycles. The number of hydrogen-bond donors (Lipinski definition) is 0. The molecule has 0 atom stereocenters. The average Bonchev–Trinajstić information content (AvgIpc) is 2.90. The quantitative estimate of drug-likeness (QED) is 0.0719. The lowest BCUT2D eigenvalue weighted by Crippen LogP contribution is -2.47. The van der Waals surface area contributed by atoms with Gasteiger partial charge in [-0.05, 0) is 51.6 Å². The predicted molar refractivity (Wildman–Crippen MR) is 190 cm³/mol. The second-order valence-corrected chi connectivity index (χ2v) is 15.7. The molecular formula is C40H83N. The Kier molecular flexibility index (Phi) is 28.7. The Morgan fingerprint density at radius 2 is 0.537 bits per heavy atom. The van der Waals surface area contributed by atoms with Crippen molar-refractivity contribution in [3.8, 4) is 0 Å². The average molecular weight is 578 g/mol. The highest BCUT2D eigenvalue weighted by atomic mass is 15.2. The molecule has 0 unspecified atom stereocenters. The van der Waals surface area contributed by atoms with Gasteiger partial charge in [-0.3, -0.25) is 4.90 Å². The lowest BCUT2D eigenvalue weighted by Gasteiger charge is -2.43. The van der Waals surface area contributed by atoms with Crippen molar-refractivity contribution < 1.29 is 0 Å². The van der Waals surface area contributed by atoms with Gasteiger partial charge in [-0.25, -0.2) is 0 Å². The summed E-state index contributed by atoms with van der Waals surface area (Å²) in [4.78, 5) is 2.87. The van der Waals surface area contributed by atoms with E-state index in [-0.39, 0.29) is 0 Å². The molecule has 0 rings (SSSR count). The van der Waals surface area contributed by atoms with Crippen molar-refractivity contribution >= 4 is 0 Å². The van der Waals surface area contributed by atoms with E-state index in [4.69, 9.17) is 0 Å². The molecule has 0 aromatic heterocycles. The van der Waals surface area contributed by atoms with Crippen LogP contribution in [0.15, 0.2) is 0 Å². The van der Waals surface area contributed by atoms with E-state index >= 15 is 0 Å². The molecule has 0 saturated heterocycles. The molecule has 1 heteroatoms. The van der Waals surface area contributed by atoms with Crippen molar-refractivity contribution in [2.24, 2.45) is 5.41 Å². The van der Waals surface area contributed by atoms with Crippen LogP contribution in [0.1, 0.15) is 235 Å². The van der Waals surface area contributed by atoms with Gasteiger partial charge in [0.15, 0.2) is 0 Å². The second-order valence-electron chi connectivity index (χ2n) is 15.7. The van der Waals surface area contributed by atoms with E-state index in [2.05, 4.69) is 53.4 Å². The van der Waals surface area contributed by atoms with Crippen LogP contribution in [0.5, 0.6) is 0 Å². The van der Waals surface area contributed by atoms with E-state index in [1.165, 1.54) is 199 Å². The van der Waals surface area contributed by atoms with Gasteiger partial charge in [-0.15, -0.1) is 0 Å². The smallest absolute Gasteiger partial charge is 0.0158 e. The zero-order chi connectivity index (χ0) is 30.5. The Morgan fingerprint density at radius 1 is 0.317 bits per heavy atom. The minimum atomic E-state index is 0.311. The van der Waals surface area contributed by atoms with Crippen LogP contribution in [-0.4, -0.2) is 23.5 Å². The number of hydrogen-bond acceptors (Lipinski definition) is 1. The Hall–Kier alpha value is -0.0400. The highest BCUT2D eigenvalue weighted by Gasteiger charge is 2.30. The minimum absolute atomic E-state index is 0.311. The van der Waals surface area contributed by atoms with Gasteiger partial charge in [0.05, 0.1) is 0 Å². The van der Waals surface area contributed by atoms with Gasteiger partial charge in [0.25, 0.3) is 0 Å². The first-order valence-electron chi connectivity index (χ1n) is 19.5. The molecule has 248 valence electrons. The molecule has 0 aliphatic heterocycles. The summed E-state index contributed by atoms with van der Waals surface area (Å²) in [6, 6.07) is 0. The third-order valence-corrected chi connectivity index (χ3v) is 9.38. The first-order valence-corrected chi connectivity index (χ1v) is 19.5. The third kappa shape index (κ3) is 29.8. The SMILES string of the molecule is CCCCCCCCCCCCCCCCN(CCCCCCCCCCCCCCCC)C(C)(C)CC(C)(C)C. The number of nitrogens with zero attached hydrogens (tertiary/aromatic N) is 1. The number of unbranched alkanes of at least 4 members (excludes halogenated alkanes) is 26. The third-order valence-electron chi connectivity index (χ3n) is 9.38. The van der Waals surface area contributed by atoms with Crippen molar-refractivity contribution in [1.82, 2.24) is 4.90 Å². The van der Waals surface area contributed by atoms with Gasteiger partial charge < -0.3 is 0 Å². The Morgan fingerprint density at radius 3 is 0.756 bits per heavy atom. The fourth-order valence-corrected chi connectivity index (χ4v) is 7.12. The van der Waals surface area contributed by atoms with Crippen molar-refractivity contribution in [1.29, 1.82) is 0 Å². The molecule has 0 aliphatic rings. The van der Waals surface area contributed by atoms with E-state index < -0.39 is 0 Å². The van der Waals surface area contributed by atoms with Gasteiger partial charge in [-0.1, -0.05) is 202 Å². The highest BCUT2D eigenvalue weighted by molar-refractivity contribution is 4.86. The van der Waals surface area contributed by atoms with E-state index in [0.717, 1.165) is 0 Å². The van der Waals surface area contributed by atoms with Crippen LogP contribution in [0.4, 0.5) is 0 Å². The van der Waals surface area contributed by atoms with Gasteiger partial charge in [-0.2, -0.15) is 0 Å². The second kappa shape index (κ2) is 28.7. The van der Waals surface area contributed by atoms with Gasteiger partial charge in [0, 0.05) is 5.54 Å². The molecule has 0 fully saturated rings. The molecule has 1 nitrogen and oxygen atoms in total. The summed E-state index contributed by atoms with van der Waals surface area (Å²) in [7, 11) is 0. The molecule has 0 radical (unpaired) electrons. The molecule has 0 heterocycles. The number of rotatable bonds is 32. The fourth-order valence-electron chi connectivity index (χ4n) is 7.12. The molecular weight excluding hydrogens is 494 g/mol. The van der Waals surface area contributed by atoms with Crippen LogP contribution in [0.25, 0.3) is 0 Å². The van der Waals surface area contributed by atoms with E-state index in [1.54, 1.807) is 0 Å². The summed E-state index contributed by atoms with van der Waals surface area (Å²) in [6.45, 7) is 19.5. The first kappa shape index (κ1) is 41.0. The molecule has 0 aromatic rings. The Balaban J connectivity index is 3.97. The first-order chi connectivity index (χ1) is 19.7. The summed E-state index contributed by atoms with van der Waals surface area (Å²) in [6.07, 6.45) is 41.9.